The lowest BCUT2D eigenvalue weighted by molar-refractivity contribution is -0.151. The molecule has 3 amide bonds. The zero-order valence-corrected chi connectivity index (χ0v) is 28.5. The highest BCUT2D eigenvalue weighted by Gasteiger charge is 2.30. The number of carbonyl (C=O) groups excluding carboxylic acids is 4. The van der Waals surface area contributed by atoms with E-state index in [1.807, 2.05) is 66.7 Å². The molecule has 0 saturated carbocycles. The number of rotatable bonds is 19. The van der Waals surface area contributed by atoms with Gasteiger partial charge in [-0.1, -0.05) is 91.0 Å². The first-order valence-corrected chi connectivity index (χ1v) is 17.0. The summed E-state index contributed by atoms with van der Waals surface area (Å²) < 4.78 is 11.2. The lowest BCUT2D eigenvalue weighted by Crippen LogP contribution is -2.45. The Bertz CT molecular complexity index is 1580. The van der Waals surface area contributed by atoms with Crippen molar-refractivity contribution in [2.45, 2.75) is 63.1 Å². The number of alkyl carbamates (subject to hydrolysis) is 1. The van der Waals surface area contributed by atoms with Crippen LogP contribution in [-0.4, -0.2) is 66.9 Å². The van der Waals surface area contributed by atoms with Gasteiger partial charge in [0.05, 0.1) is 25.1 Å². The fourth-order valence-corrected chi connectivity index (χ4v) is 6.08. The van der Waals surface area contributed by atoms with E-state index in [-0.39, 0.29) is 50.8 Å². The summed E-state index contributed by atoms with van der Waals surface area (Å²) in [7, 11) is 0. The summed E-state index contributed by atoms with van der Waals surface area (Å²) in [5.41, 5.74) is 5.34. The molecule has 0 aliphatic heterocycles. The van der Waals surface area contributed by atoms with E-state index in [0.717, 1.165) is 27.8 Å². The molecule has 3 aromatic rings. The normalized spacial score (nSPS) is 14.1. The number of ether oxygens (including phenoxy) is 2. The van der Waals surface area contributed by atoms with Crippen LogP contribution in [0.4, 0.5) is 4.79 Å². The Morgan fingerprint density at radius 2 is 1.52 bits per heavy atom. The molecule has 1 aliphatic rings. The summed E-state index contributed by atoms with van der Waals surface area (Å²) >= 11 is 0. The minimum atomic E-state index is -0.991. The summed E-state index contributed by atoms with van der Waals surface area (Å²) in [6, 6.07) is 24.0. The van der Waals surface area contributed by atoms with E-state index in [9.17, 15) is 24.3 Å². The van der Waals surface area contributed by atoms with Crippen LogP contribution in [0, 0.1) is 5.92 Å². The molecule has 0 fully saturated rings. The highest BCUT2D eigenvalue weighted by atomic mass is 16.6. The molecule has 0 heterocycles. The van der Waals surface area contributed by atoms with Crippen molar-refractivity contribution in [3.63, 3.8) is 0 Å². The molecular formula is C40H47N3O7. The van der Waals surface area contributed by atoms with Gasteiger partial charge in [0.25, 0.3) is 0 Å². The van der Waals surface area contributed by atoms with Gasteiger partial charge in [-0.3, -0.25) is 9.59 Å². The molecule has 1 aliphatic carbocycles. The Kier molecular flexibility index (Phi) is 14.4. The maximum Gasteiger partial charge on any atom is 0.407 e. The number of aliphatic hydroxyl groups is 1. The van der Waals surface area contributed by atoms with Crippen LogP contribution >= 0.6 is 0 Å². The van der Waals surface area contributed by atoms with Crippen LogP contribution in [0.1, 0.15) is 55.2 Å². The third-order valence-corrected chi connectivity index (χ3v) is 8.63. The Labute approximate surface area is 294 Å². The molecule has 4 N–H and O–H groups in total. The van der Waals surface area contributed by atoms with Gasteiger partial charge in [0.1, 0.15) is 18.8 Å². The number of aliphatic hydroxyl groups excluding tert-OH is 1. The summed E-state index contributed by atoms with van der Waals surface area (Å²) in [5, 5.41) is 18.0. The second-order valence-electron chi connectivity index (χ2n) is 12.4. The Hall–Kier alpha value is -5.22. The van der Waals surface area contributed by atoms with Crippen molar-refractivity contribution in [2.75, 3.05) is 19.8 Å². The average Bonchev–Trinajstić information content (AvgIpc) is 3.44. The first-order valence-electron chi connectivity index (χ1n) is 17.0. The SMILES string of the molecule is C=CCCC(NC(=O)OCC1c2ccccc2-c2ccccc21)C(=O)OC(C)CNC(=O)C(CC=C)CC(=O)NC(CO)Cc1ccccc1. The van der Waals surface area contributed by atoms with Crippen molar-refractivity contribution >= 4 is 23.9 Å². The number of esters is 1. The van der Waals surface area contributed by atoms with E-state index in [1.54, 1.807) is 19.1 Å². The molecule has 10 nitrogen and oxygen atoms in total. The zero-order valence-electron chi connectivity index (χ0n) is 28.5. The number of fused-ring (bicyclic) bond motifs is 3. The van der Waals surface area contributed by atoms with Crippen molar-refractivity contribution in [1.82, 2.24) is 16.0 Å². The molecule has 50 heavy (non-hydrogen) atoms. The molecule has 264 valence electrons. The quantitative estimate of drug-likeness (QED) is 0.101. The molecule has 4 unspecified atom stereocenters. The van der Waals surface area contributed by atoms with Gasteiger partial charge in [-0.2, -0.15) is 0 Å². The predicted octanol–water partition coefficient (Wildman–Crippen LogP) is 5.21. The Morgan fingerprint density at radius 3 is 2.14 bits per heavy atom. The monoisotopic (exact) mass is 681 g/mol. The molecule has 4 atom stereocenters. The maximum absolute atomic E-state index is 13.1. The molecule has 10 heteroatoms. The van der Waals surface area contributed by atoms with E-state index < -0.39 is 42.1 Å². The first-order chi connectivity index (χ1) is 24.2. The van der Waals surface area contributed by atoms with Crippen LogP contribution in [-0.2, 0) is 30.3 Å². The first kappa shape index (κ1) is 37.6. The molecule has 0 aromatic heterocycles. The van der Waals surface area contributed by atoms with E-state index in [1.165, 1.54) is 0 Å². The standard InChI is InChI=1S/C40H47N3O7/c1-4-6-21-36(43-40(48)49-26-35-33-19-12-10-17-31(33)32-18-11-13-20-34(32)35)39(47)50-27(3)24-41-38(46)29(14-5-2)23-37(45)42-30(25-44)22-28-15-8-7-9-16-28/h4-5,7-13,15-20,27,29-30,35-36,44H,1-2,6,14,21-26H2,3H3,(H,41,46)(H,42,45)(H,43,48). The highest BCUT2D eigenvalue weighted by Crippen LogP contribution is 2.44. The minimum absolute atomic E-state index is 0.00771. The second kappa shape index (κ2) is 19.1. The lowest BCUT2D eigenvalue weighted by Gasteiger charge is -2.22. The fourth-order valence-electron chi connectivity index (χ4n) is 6.08. The largest absolute Gasteiger partial charge is 0.459 e. The summed E-state index contributed by atoms with van der Waals surface area (Å²) in [4.78, 5) is 51.9. The van der Waals surface area contributed by atoms with Crippen molar-refractivity contribution in [3.8, 4) is 11.1 Å². The van der Waals surface area contributed by atoms with Gasteiger partial charge in [-0.05, 0) is 60.4 Å². The summed E-state index contributed by atoms with van der Waals surface area (Å²) in [5.74, 6) is -2.27. The van der Waals surface area contributed by atoms with E-state index in [4.69, 9.17) is 9.47 Å². The van der Waals surface area contributed by atoms with Gasteiger partial charge in [0.15, 0.2) is 0 Å². The molecule has 0 radical (unpaired) electrons. The van der Waals surface area contributed by atoms with Gasteiger partial charge in [0, 0.05) is 12.3 Å². The number of hydrogen-bond acceptors (Lipinski definition) is 7. The Balaban J connectivity index is 1.26. The van der Waals surface area contributed by atoms with Gasteiger partial charge < -0.3 is 30.5 Å². The van der Waals surface area contributed by atoms with E-state index in [0.29, 0.717) is 12.8 Å². The van der Waals surface area contributed by atoms with Crippen molar-refractivity contribution in [1.29, 1.82) is 0 Å². The van der Waals surface area contributed by atoms with Crippen LogP contribution in [0.3, 0.4) is 0 Å². The second-order valence-corrected chi connectivity index (χ2v) is 12.4. The number of carbonyl (C=O) groups is 4. The Morgan fingerprint density at radius 1 is 0.880 bits per heavy atom. The summed E-state index contributed by atoms with van der Waals surface area (Å²) in [6.07, 6.45) is 3.03. The molecule has 0 spiro atoms. The van der Waals surface area contributed by atoms with Gasteiger partial charge >= 0.3 is 12.1 Å². The summed E-state index contributed by atoms with van der Waals surface area (Å²) in [6.45, 7) is 8.89. The highest BCUT2D eigenvalue weighted by molar-refractivity contribution is 5.86. The minimum Gasteiger partial charge on any atom is -0.459 e. The zero-order chi connectivity index (χ0) is 35.9. The molecule has 0 bridgehead atoms. The smallest absolute Gasteiger partial charge is 0.407 e. The third-order valence-electron chi connectivity index (χ3n) is 8.63. The molecule has 4 rings (SSSR count). The van der Waals surface area contributed by atoms with Crippen LogP contribution in [0.2, 0.25) is 0 Å². The molecule has 3 aromatic carbocycles. The number of nitrogens with one attached hydrogen (secondary N) is 3. The lowest BCUT2D eigenvalue weighted by atomic mass is 9.98. The van der Waals surface area contributed by atoms with E-state index >= 15 is 0 Å². The third kappa shape index (κ3) is 10.6. The van der Waals surface area contributed by atoms with Gasteiger partial charge in [-0.15, -0.1) is 13.2 Å². The fraction of sp³-hybridized carbons (Fsp3) is 0.350. The van der Waals surface area contributed by atoms with Gasteiger partial charge in [-0.25, -0.2) is 9.59 Å². The molecular weight excluding hydrogens is 634 g/mol. The van der Waals surface area contributed by atoms with Crippen LogP contribution < -0.4 is 16.0 Å². The number of benzene rings is 3. The van der Waals surface area contributed by atoms with Crippen LogP contribution in [0.15, 0.2) is 104 Å². The van der Waals surface area contributed by atoms with Gasteiger partial charge in [0.2, 0.25) is 11.8 Å². The number of allylic oxidation sites excluding steroid dienone is 2. The maximum atomic E-state index is 13.1. The topological polar surface area (TPSA) is 143 Å². The van der Waals surface area contributed by atoms with Crippen molar-refractivity contribution in [3.05, 3.63) is 121 Å². The van der Waals surface area contributed by atoms with Crippen LogP contribution in [0.25, 0.3) is 11.1 Å². The van der Waals surface area contributed by atoms with Crippen LogP contribution in [0.5, 0.6) is 0 Å². The van der Waals surface area contributed by atoms with E-state index in [2.05, 4.69) is 41.2 Å². The predicted molar refractivity (Wildman–Crippen MR) is 192 cm³/mol. The van der Waals surface area contributed by atoms with Crippen molar-refractivity contribution < 1.29 is 33.8 Å². The average molecular weight is 682 g/mol. The molecule has 0 saturated heterocycles. The number of amides is 3. The number of hydrogen-bond donors (Lipinski definition) is 4. The van der Waals surface area contributed by atoms with Crippen molar-refractivity contribution in [2.24, 2.45) is 5.92 Å².